The normalized spacial score (nSPS) is 23.7. The van der Waals surface area contributed by atoms with Crippen LogP contribution in [0, 0.1) is 5.41 Å². The number of hydrogen-bond acceptors (Lipinski definition) is 0. The molecule has 0 aromatic heterocycles. The Morgan fingerprint density at radius 2 is 1.80 bits per heavy atom. The smallest absolute Gasteiger partial charge is 0.00752 e. The number of benzene rings is 1. The summed E-state index contributed by atoms with van der Waals surface area (Å²) < 4.78 is 0. The maximum absolute atomic E-state index is 2.34. The molecule has 2 rings (SSSR count). The molecule has 0 aliphatic heterocycles. The zero-order valence-corrected chi connectivity index (χ0v) is 9.48. The van der Waals surface area contributed by atoms with Gasteiger partial charge in [-0.1, -0.05) is 68.5 Å². The monoisotopic (exact) mass is 198 g/mol. The molecule has 78 valence electrons. The molecule has 0 bridgehead atoms. The molecule has 0 heteroatoms. The Kier molecular flexibility index (Phi) is 2.77. The molecule has 0 spiro atoms. The second-order valence-corrected chi connectivity index (χ2v) is 4.89. The van der Waals surface area contributed by atoms with Crippen molar-refractivity contribution < 1.29 is 0 Å². The Morgan fingerprint density at radius 1 is 1.07 bits per heavy atom. The van der Waals surface area contributed by atoms with E-state index in [1.807, 2.05) is 0 Å². The van der Waals surface area contributed by atoms with Crippen molar-refractivity contribution in [3.8, 4) is 0 Å². The molecule has 1 aromatic carbocycles. The van der Waals surface area contributed by atoms with Gasteiger partial charge in [-0.05, 0) is 17.4 Å². The molecular formula is C15H18. The molecule has 0 saturated heterocycles. The van der Waals surface area contributed by atoms with E-state index >= 15 is 0 Å². The van der Waals surface area contributed by atoms with E-state index in [1.165, 1.54) is 5.56 Å². The quantitative estimate of drug-likeness (QED) is 0.630. The Hall–Kier alpha value is -1.30. The van der Waals surface area contributed by atoms with Crippen molar-refractivity contribution in [2.75, 3.05) is 0 Å². The molecule has 1 aromatic rings. The summed E-state index contributed by atoms with van der Waals surface area (Å²) in [5.41, 5.74) is 1.73. The fraction of sp³-hybridized carbons (Fsp3) is 0.333. The van der Waals surface area contributed by atoms with Gasteiger partial charge in [0.1, 0.15) is 0 Å². The first-order valence-electron chi connectivity index (χ1n) is 5.58. The van der Waals surface area contributed by atoms with Crippen molar-refractivity contribution in [3.05, 3.63) is 60.2 Å². The van der Waals surface area contributed by atoms with Crippen LogP contribution in [0.1, 0.15) is 31.7 Å². The van der Waals surface area contributed by atoms with Crippen molar-refractivity contribution in [3.63, 3.8) is 0 Å². The standard InChI is InChI=1S/C15H18/c1-15(2)12-8-4-7-11-14(15)13-9-5-3-6-10-13/h3-11,14H,12H2,1-2H3. The molecule has 1 aliphatic carbocycles. The number of hydrogen-bond donors (Lipinski definition) is 0. The highest BCUT2D eigenvalue weighted by Gasteiger charge is 2.28. The maximum Gasteiger partial charge on any atom is 0.00752 e. The van der Waals surface area contributed by atoms with Crippen LogP contribution in [-0.2, 0) is 0 Å². The minimum atomic E-state index is 0.310. The third-order valence-electron chi connectivity index (χ3n) is 3.20. The molecule has 0 fully saturated rings. The van der Waals surface area contributed by atoms with Crippen LogP contribution in [0.15, 0.2) is 54.6 Å². The van der Waals surface area contributed by atoms with E-state index in [4.69, 9.17) is 0 Å². The summed E-state index contributed by atoms with van der Waals surface area (Å²) in [6.45, 7) is 4.68. The van der Waals surface area contributed by atoms with Gasteiger partial charge in [-0.3, -0.25) is 0 Å². The highest BCUT2D eigenvalue weighted by atomic mass is 14.3. The van der Waals surface area contributed by atoms with Gasteiger partial charge in [-0.15, -0.1) is 0 Å². The number of rotatable bonds is 1. The van der Waals surface area contributed by atoms with Crippen LogP contribution in [0.5, 0.6) is 0 Å². The first-order valence-corrected chi connectivity index (χ1v) is 5.58. The SMILES string of the molecule is CC1(C)CC=CC=CC1c1ccccc1. The molecule has 1 atom stereocenters. The van der Waals surface area contributed by atoms with E-state index in [2.05, 4.69) is 68.5 Å². The van der Waals surface area contributed by atoms with Crippen molar-refractivity contribution in [2.45, 2.75) is 26.2 Å². The summed E-state index contributed by atoms with van der Waals surface area (Å²) in [5.74, 6) is 0.522. The lowest BCUT2D eigenvalue weighted by molar-refractivity contribution is 0.330. The van der Waals surface area contributed by atoms with Crippen molar-refractivity contribution in [2.24, 2.45) is 5.41 Å². The average molecular weight is 198 g/mol. The van der Waals surface area contributed by atoms with Gasteiger partial charge in [0.25, 0.3) is 0 Å². The Balaban J connectivity index is 2.35. The minimum Gasteiger partial charge on any atom is -0.0840 e. The lowest BCUT2D eigenvalue weighted by Crippen LogP contribution is -2.19. The fourth-order valence-corrected chi connectivity index (χ4v) is 2.24. The van der Waals surface area contributed by atoms with Gasteiger partial charge in [0.2, 0.25) is 0 Å². The molecule has 0 saturated carbocycles. The summed E-state index contributed by atoms with van der Waals surface area (Å²) in [6, 6.07) is 10.8. The molecule has 15 heavy (non-hydrogen) atoms. The van der Waals surface area contributed by atoms with E-state index in [9.17, 15) is 0 Å². The van der Waals surface area contributed by atoms with Gasteiger partial charge in [0.05, 0.1) is 0 Å². The van der Waals surface area contributed by atoms with Crippen LogP contribution in [0.4, 0.5) is 0 Å². The summed E-state index contributed by atoms with van der Waals surface area (Å²) in [5, 5.41) is 0. The Morgan fingerprint density at radius 3 is 2.53 bits per heavy atom. The molecule has 0 heterocycles. The minimum absolute atomic E-state index is 0.310. The summed E-state index contributed by atoms with van der Waals surface area (Å²) >= 11 is 0. The van der Waals surface area contributed by atoms with Crippen LogP contribution < -0.4 is 0 Å². The van der Waals surface area contributed by atoms with Crippen LogP contribution in [0.2, 0.25) is 0 Å². The average Bonchev–Trinajstić information content (AvgIpc) is 2.40. The van der Waals surface area contributed by atoms with E-state index in [0.29, 0.717) is 11.3 Å². The highest BCUT2D eigenvalue weighted by molar-refractivity contribution is 5.29. The van der Waals surface area contributed by atoms with Crippen molar-refractivity contribution in [1.82, 2.24) is 0 Å². The topological polar surface area (TPSA) is 0 Å². The Bertz CT molecular complexity index is 368. The summed E-state index contributed by atoms with van der Waals surface area (Å²) in [4.78, 5) is 0. The van der Waals surface area contributed by atoms with E-state index in [-0.39, 0.29) is 0 Å². The zero-order chi connectivity index (χ0) is 10.7. The largest absolute Gasteiger partial charge is 0.0840 e. The predicted octanol–water partition coefficient (Wildman–Crippen LogP) is 4.31. The first-order chi connectivity index (χ1) is 7.20. The lowest BCUT2D eigenvalue weighted by atomic mass is 9.73. The fourth-order valence-electron chi connectivity index (χ4n) is 2.24. The van der Waals surface area contributed by atoms with Crippen molar-refractivity contribution >= 4 is 0 Å². The molecule has 0 radical (unpaired) electrons. The van der Waals surface area contributed by atoms with Gasteiger partial charge in [0.15, 0.2) is 0 Å². The highest BCUT2D eigenvalue weighted by Crippen LogP contribution is 2.40. The summed E-state index contributed by atoms with van der Waals surface area (Å²) in [6.07, 6.45) is 10.1. The third-order valence-corrected chi connectivity index (χ3v) is 3.20. The lowest BCUT2D eigenvalue weighted by Gasteiger charge is -2.31. The van der Waals surface area contributed by atoms with Crippen molar-refractivity contribution in [1.29, 1.82) is 0 Å². The summed E-state index contributed by atoms with van der Waals surface area (Å²) in [7, 11) is 0. The van der Waals surface area contributed by atoms with Gasteiger partial charge in [-0.25, -0.2) is 0 Å². The van der Waals surface area contributed by atoms with Gasteiger partial charge in [-0.2, -0.15) is 0 Å². The predicted molar refractivity (Wildman–Crippen MR) is 65.9 cm³/mol. The van der Waals surface area contributed by atoms with Crippen LogP contribution in [-0.4, -0.2) is 0 Å². The Labute approximate surface area is 92.3 Å². The molecule has 1 aliphatic rings. The molecular weight excluding hydrogens is 180 g/mol. The van der Waals surface area contributed by atoms with E-state index in [1.54, 1.807) is 0 Å². The molecule has 0 nitrogen and oxygen atoms in total. The second kappa shape index (κ2) is 4.06. The van der Waals surface area contributed by atoms with Crippen LogP contribution in [0.3, 0.4) is 0 Å². The maximum atomic E-state index is 2.34. The van der Waals surface area contributed by atoms with E-state index in [0.717, 1.165) is 6.42 Å². The molecule has 0 amide bonds. The first kappa shape index (κ1) is 10.2. The third kappa shape index (κ3) is 2.20. The van der Waals surface area contributed by atoms with Gasteiger partial charge >= 0.3 is 0 Å². The van der Waals surface area contributed by atoms with Gasteiger partial charge < -0.3 is 0 Å². The van der Waals surface area contributed by atoms with Crippen LogP contribution in [0.25, 0.3) is 0 Å². The molecule has 0 N–H and O–H groups in total. The van der Waals surface area contributed by atoms with E-state index < -0.39 is 0 Å². The van der Waals surface area contributed by atoms with Crippen LogP contribution >= 0.6 is 0 Å². The number of allylic oxidation sites excluding steroid dienone is 4. The zero-order valence-electron chi connectivity index (χ0n) is 9.48. The molecule has 1 unspecified atom stereocenters. The second-order valence-electron chi connectivity index (χ2n) is 4.89. The van der Waals surface area contributed by atoms with Gasteiger partial charge in [0, 0.05) is 5.92 Å².